The Bertz CT molecular complexity index is 484. The van der Waals surface area contributed by atoms with Gasteiger partial charge < -0.3 is 10.6 Å². The van der Waals surface area contributed by atoms with E-state index in [0.717, 1.165) is 23.4 Å². The first kappa shape index (κ1) is 15.2. The van der Waals surface area contributed by atoms with Crippen molar-refractivity contribution in [1.29, 1.82) is 0 Å². The summed E-state index contributed by atoms with van der Waals surface area (Å²) in [7, 11) is 0. The molecule has 21 heavy (non-hydrogen) atoms. The highest BCUT2D eigenvalue weighted by atomic mass is 35.5. The number of benzene rings is 1. The number of anilines is 1. The van der Waals surface area contributed by atoms with Crippen LogP contribution in [0.25, 0.3) is 0 Å². The van der Waals surface area contributed by atoms with Crippen LogP contribution in [0.3, 0.4) is 0 Å². The van der Waals surface area contributed by atoms with Crippen LogP contribution in [0.5, 0.6) is 0 Å². The standard InChI is InChI=1S/C18H27ClN2/c1-13(20)12-15-16(19)8-4-10-18(15)21-11-5-7-14-6-2-3-9-17(14)21/h4,8,10,13-14,17H,2-3,5-7,9,11-12,20H2,1H3/t13?,14-,17-/m1/s1. The summed E-state index contributed by atoms with van der Waals surface area (Å²) in [6.45, 7) is 3.24. The van der Waals surface area contributed by atoms with Gasteiger partial charge in [0.15, 0.2) is 0 Å². The normalized spacial score (nSPS) is 27.3. The van der Waals surface area contributed by atoms with Gasteiger partial charge in [-0.15, -0.1) is 0 Å². The van der Waals surface area contributed by atoms with Crippen LogP contribution in [-0.4, -0.2) is 18.6 Å². The van der Waals surface area contributed by atoms with Gasteiger partial charge in [-0.2, -0.15) is 0 Å². The smallest absolute Gasteiger partial charge is 0.0459 e. The molecule has 1 saturated heterocycles. The van der Waals surface area contributed by atoms with Crippen LogP contribution in [0.1, 0.15) is 51.0 Å². The largest absolute Gasteiger partial charge is 0.368 e. The summed E-state index contributed by atoms with van der Waals surface area (Å²) in [6.07, 6.45) is 9.12. The number of piperidine rings is 1. The molecule has 1 aromatic rings. The molecular formula is C18H27ClN2. The van der Waals surface area contributed by atoms with Crippen LogP contribution in [0.2, 0.25) is 5.02 Å². The average molecular weight is 307 g/mol. The third-order valence-electron chi connectivity index (χ3n) is 5.17. The molecule has 0 aromatic heterocycles. The van der Waals surface area contributed by atoms with E-state index in [4.69, 9.17) is 17.3 Å². The molecule has 0 radical (unpaired) electrons. The second kappa shape index (κ2) is 6.58. The van der Waals surface area contributed by atoms with Crippen LogP contribution in [-0.2, 0) is 6.42 Å². The highest BCUT2D eigenvalue weighted by Gasteiger charge is 2.34. The summed E-state index contributed by atoms with van der Waals surface area (Å²) in [5.41, 5.74) is 8.64. The SMILES string of the molecule is CC(N)Cc1c(Cl)cccc1N1CCC[C@H]2CCCC[C@H]21. The number of halogens is 1. The first-order valence-electron chi connectivity index (χ1n) is 8.46. The summed E-state index contributed by atoms with van der Waals surface area (Å²) in [5.74, 6) is 0.884. The lowest BCUT2D eigenvalue weighted by atomic mass is 9.78. The van der Waals surface area contributed by atoms with Crippen molar-refractivity contribution in [2.24, 2.45) is 11.7 Å². The number of fused-ring (bicyclic) bond motifs is 1. The highest BCUT2D eigenvalue weighted by Crippen LogP contribution is 2.40. The second-order valence-electron chi connectivity index (χ2n) is 6.87. The molecule has 0 bridgehead atoms. The van der Waals surface area contributed by atoms with E-state index in [-0.39, 0.29) is 6.04 Å². The van der Waals surface area contributed by atoms with Crippen LogP contribution in [0, 0.1) is 5.92 Å². The van der Waals surface area contributed by atoms with E-state index in [1.54, 1.807) is 0 Å². The fourth-order valence-corrected chi connectivity index (χ4v) is 4.51. The average Bonchev–Trinajstić information content (AvgIpc) is 2.48. The van der Waals surface area contributed by atoms with E-state index in [0.29, 0.717) is 0 Å². The predicted molar refractivity (Wildman–Crippen MR) is 91.1 cm³/mol. The lowest BCUT2D eigenvalue weighted by Gasteiger charge is -2.46. The lowest BCUT2D eigenvalue weighted by molar-refractivity contribution is 0.243. The Morgan fingerprint density at radius 1 is 1.24 bits per heavy atom. The van der Waals surface area contributed by atoms with Gasteiger partial charge in [0.05, 0.1) is 0 Å². The summed E-state index contributed by atoms with van der Waals surface area (Å²) in [4.78, 5) is 2.65. The first-order chi connectivity index (χ1) is 10.2. The Morgan fingerprint density at radius 2 is 2.00 bits per heavy atom. The third kappa shape index (κ3) is 3.22. The molecule has 116 valence electrons. The minimum atomic E-state index is 0.149. The van der Waals surface area contributed by atoms with E-state index in [1.165, 1.54) is 56.3 Å². The number of hydrogen-bond acceptors (Lipinski definition) is 2. The maximum atomic E-state index is 6.49. The zero-order valence-corrected chi connectivity index (χ0v) is 13.8. The number of hydrogen-bond donors (Lipinski definition) is 1. The summed E-state index contributed by atoms with van der Waals surface area (Å²) in [6, 6.07) is 7.22. The maximum Gasteiger partial charge on any atom is 0.0459 e. The van der Waals surface area contributed by atoms with Crippen LogP contribution >= 0.6 is 11.6 Å². The van der Waals surface area contributed by atoms with Gasteiger partial charge in [-0.3, -0.25) is 0 Å². The molecule has 2 fully saturated rings. The van der Waals surface area contributed by atoms with Crippen molar-refractivity contribution in [3.63, 3.8) is 0 Å². The zero-order chi connectivity index (χ0) is 14.8. The molecule has 1 unspecified atom stereocenters. The molecule has 1 aliphatic heterocycles. The lowest BCUT2D eigenvalue weighted by Crippen LogP contribution is -2.47. The van der Waals surface area contributed by atoms with Crippen molar-refractivity contribution < 1.29 is 0 Å². The Hall–Kier alpha value is -0.730. The van der Waals surface area contributed by atoms with Gasteiger partial charge in [0.2, 0.25) is 0 Å². The molecule has 3 rings (SSSR count). The van der Waals surface area contributed by atoms with E-state index in [1.807, 2.05) is 6.07 Å². The van der Waals surface area contributed by atoms with E-state index < -0.39 is 0 Å². The van der Waals surface area contributed by atoms with Crippen LogP contribution in [0.4, 0.5) is 5.69 Å². The van der Waals surface area contributed by atoms with Gasteiger partial charge in [0.1, 0.15) is 0 Å². The van der Waals surface area contributed by atoms with E-state index in [9.17, 15) is 0 Å². The number of nitrogens with zero attached hydrogens (tertiary/aromatic N) is 1. The fraction of sp³-hybridized carbons (Fsp3) is 0.667. The zero-order valence-electron chi connectivity index (χ0n) is 13.0. The van der Waals surface area contributed by atoms with Gasteiger partial charge in [0, 0.05) is 29.3 Å². The third-order valence-corrected chi connectivity index (χ3v) is 5.53. The van der Waals surface area contributed by atoms with Crippen LogP contribution < -0.4 is 10.6 Å². The molecule has 0 amide bonds. The van der Waals surface area contributed by atoms with Crippen molar-refractivity contribution in [3.05, 3.63) is 28.8 Å². The van der Waals surface area contributed by atoms with Crippen molar-refractivity contribution in [2.45, 2.75) is 64.0 Å². The van der Waals surface area contributed by atoms with Crippen molar-refractivity contribution in [3.8, 4) is 0 Å². The second-order valence-corrected chi connectivity index (χ2v) is 7.27. The molecular weight excluding hydrogens is 280 g/mol. The maximum absolute atomic E-state index is 6.49. The van der Waals surface area contributed by atoms with Crippen molar-refractivity contribution in [1.82, 2.24) is 0 Å². The summed E-state index contributed by atoms with van der Waals surface area (Å²) < 4.78 is 0. The van der Waals surface area contributed by atoms with Crippen LogP contribution in [0.15, 0.2) is 18.2 Å². The van der Waals surface area contributed by atoms with Gasteiger partial charge in [-0.25, -0.2) is 0 Å². The minimum absolute atomic E-state index is 0.149. The van der Waals surface area contributed by atoms with E-state index in [2.05, 4.69) is 24.0 Å². The van der Waals surface area contributed by atoms with Gasteiger partial charge in [-0.1, -0.05) is 30.5 Å². The molecule has 1 heterocycles. The quantitative estimate of drug-likeness (QED) is 0.897. The molecule has 3 heteroatoms. The molecule has 2 nitrogen and oxygen atoms in total. The Morgan fingerprint density at radius 3 is 2.81 bits per heavy atom. The van der Waals surface area contributed by atoms with Gasteiger partial charge >= 0.3 is 0 Å². The highest BCUT2D eigenvalue weighted by molar-refractivity contribution is 6.31. The molecule has 2 aliphatic rings. The summed E-state index contributed by atoms with van der Waals surface area (Å²) in [5, 5.41) is 0.878. The molecule has 1 aromatic carbocycles. The Balaban J connectivity index is 1.93. The minimum Gasteiger partial charge on any atom is -0.368 e. The fourth-order valence-electron chi connectivity index (χ4n) is 4.26. The van der Waals surface area contributed by atoms with Crippen molar-refractivity contribution in [2.75, 3.05) is 11.4 Å². The number of nitrogens with two attached hydrogens (primary N) is 1. The van der Waals surface area contributed by atoms with Gasteiger partial charge in [-0.05, 0) is 62.6 Å². The molecule has 1 saturated carbocycles. The van der Waals surface area contributed by atoms with Crippen molar-refractivity contribution >= 4 is 17.3 Å². The summed E-state index contributed by atoms with van der Waals surface area (Å²) >= 11 is 6.49. The number of rotatable bonds is 3. The molecule has 1 aliphatic carbocycles. The molecule has 3 atom stereocenters. The van der Waals surface area contributed by atoms with E-state index >= 15 is 0 Å². The predicted octanol–water partition coefficient (Wildman–Crippen LogP) is 4.39. The Kier molecular flexibility index (Phi) is 4.75. The topological polar surface area (TPSA) is 29.3 Å². The Labute approximate surface area is 133 Å². The molecule has 2 N–H and O–H groups in total. The monoisotopic (exact) mass is 306 g/mol. The molecule has 0 spiro atoms. The van der Waals surface area contributed by atoms with Gasteiger partial charge in [0.25, 0.3) is 0 Å². The first-order valence-corrected chi connectivity index (χ1v) is 8.84.